The second-order valence-electron chi connectivity index (χ2n) is 4.22. The molecule has 0 saturated carbocycles. The van der Waals surface area contributed by atoms with Crippen molar-refractivity contribution in [2.24, 2.45) is 0 Å². The van der Waals surface area contributed by atoms with Gasteiger partial charge in [0.15, 0.2) is 5.16 Å². The summed E-state index contributed by atoms with van der Waals surface area (Å²) in [5, 5.41) is 3.51. The van der Waals surface area contributed by atoms with E-state index in [4.69, 9.17) is 11.6 Å². The Morgan fingerprint density at radius 3 is 2.52 bits per heavy atom. The highest BCUT2D eigenvalue weighted by Gasteiger charge is 2.30. The van der Waals surface area contributed by atoms with E-state index in [-0.39, 0.29) is 5.15 Å². The zero-order chi connectivity index (χ0) is 15.6. The lowest BCUT2D eigenvalue weighted by molar-refractivity contribution is -0.137. The van der Waals surface area contributed by atoms with Crippen molar-refractivity contribution in [3.05, 3.63) is 40.5 Å². The highest BCUT2D eigenvalue weighted by atomic mass is 35.5. The Morgan fingerprint density at radius 1 is 1.19 bits per heavy atom. The Morgan fingerprint density at radius 2 is 1.90 bits per heavy atom. The van der Waals surface area contributed by atoms with Crippen molar-refractivity contribution in [3.63, 3.8) is 0 Å². The van der Waals surface area contributed by atoms with E-state index >= 15 is 0 Å². The van der Waals surface area contributed by atoms with E-state index in [1.165, 1.54) is 23.9 Å². The zero-order valence-corrected chi connectivity index (χ0v) is 12.7. The minimum Gasteiger partial charge on any atom is -0.340 e. The van der Waals surface area contributed by atoms with Gasteiger partial charge in [-0.1, -0.05) is 29.4 Å². The molecular formula is C13H11ClF3N3S. The van der Waals surface area contributed by atoms with Gasteiger partial charge in [0.2, 0.25) is 0 Å². The molecule has 0 aliphatic rings. The summed E-state index contributed by atoms with van der Waals surface area (Å²) in [6.45, 7) is 1.71. The maximum absolute atomic E-state index is 12.7. The van der Waals surface area contributed by atoms with Crippen LogP contribution in [0.25, 0.3) is 0 Å². The average molecular weight is 334 g/mol. The summed E-state index contributed by atoms with van der Waals surface area (Å²) in [7, 11) is 0. The van der Waals surface area contributed by atoms with Crippen molar-refractivity contribution < 1.29 is 13.2 Å². The molecule has 0 saturated heterocycles. The predicted octanol–water partition coefficient (Wildman–Crippen LogP) is 4.92. The minimum atomic E-state index is -4.39. The largest absolute Gasteiger partial charge is 0.416 e. The number of nitrogens with one attached hydrogen (secondary N) is 1. The van der Waals surface area contributed by atoms with Crippen molar-refractivity contribution >= 4 is 34.9 Å². The van der Waals surface area contributed by atoms with Crippen LogP contribution in [0, 0.1) is 6.92 Å². The van der Waals surface area contributed by atoms with Gasteiger partial charge in [-0.3, -0.25) is 0 Å². The van der Waals surface area contributed by atoms with Crippen LogP contribution in [0.2, 0.25) is 5.15 Å². The topological polar surface area (TPSA) is 37.8 Å². The Balaban J connectivity index is 2.37. The van der Waals surface area contributed by atoms with Crippen molar-refractivity contribution in [3.8, 4) is 0 Å². The molecule has 0 spiro atoms. The molecule has 2 rings (SSSR count). The molecule has 0 bridgehead atoms. The third-order valence-electron chi connectivity index (χ3n) is 2.68. The van der Waals surface area contributed by atoms with E-state index in [0.717, 1.165) is 12.1 Å². The number of hydrogen-bond acceptors (Lipinski definition) is 4. The molecular weight excluding hydrogens is 323 g/mol. The molecule has 3 nitrogen and oxygen atoms in total. The summed E-state index contributed by atoms with van der Waals surface area (Å²) < 4.78 is 38.2. The summed E-state index contributed by atoms with van der Waals surface area (Å²) in [6, 6.07) is 4.95. The summed E-state index contributed by atoms with van der Waals surface area (Å²) in [6.07, 6.45) is -2.61. The first kappa shape index (κ1) is 15.9. The lowest BCUT2D eigenvalue weighted by Gasteiger charge is -2.13. The minimum absolute atomic E-state index is 0.224. The first-order chi connectivity index (χ1) is 9.79. The fourth-order valence-electron chi connectivity index (χ4n) is 1.62. The maximum atomic E-state index is 12.7. The first-order valence-corrected chi connectivity index (χ1v) is 7.43. The summed E-state index contributed by atoms with van der Waals surface area (Å²) in [5.74, 6) is 0.349. The Hall–Kier alpha value is -1.47. The monoisotopic (exact) mass is 333 g/mol. The van der Waals surface area contributed by atoms with Crippen LogP contribution in [0.5, 0.6) is 0 Å². The molecule has 0 atom stereocenters. The lowest BCUT2D eigenvalue weighted by Crippen LogP contribution is -2.06. The van der Waals surface area contributed by atoms with Gasteiger partial charge in [-0.05, 0) is 30.9 Å². The molecule has 112 valence electrons. The number of thioether (sulfide) groups is 1. The second-order valence-corrected chi connectivity index (χ2v) is 5.38. The van der Waals surface area contributed by atoms with Crippen LogP contribution < -0.4 is 5.32 Å². The molecule has 0 fully saturated rings. The van der Waals surface area contributed by atoms with Gasteiger partial charge in [-0.25, -0.2) is 9.97 Å². The molecule has 0 unspecified atom stereocenters. The highest BCUT2D eigenvalue weighted by Crippen LogP contribution is 2.33. The number of aryl methyl sites for hydroxylation is 1. The van der Waals surface area contributed by atoms with Crippen LogP contribution in [-0.2, 0) is 6.18 Å². The number of alkyl halides is 3. The van der Waals surface area contributed by atoms with E-state index in [0.29, 0.717) is 22.2 Å². The third kappa shape index (κ3) is 4.01. The molecule has 8 heteroatoms. The molecule has 1 heterocycles. The van der Waals surface area contributed by atoms with Gasteiger partial charge < -0.3 is 5.32 Å². The van der Waals surface area contributed by atoms with Gasteiger partial charge in [0, 0.05) is 11.8 Å². The van der Waals surface area contributed by atoms with Crippen molar-refractivity contribution in [2.75, 3.05) is 11.6 Å². The molecule has 0 amide bonds. The maximum Gasteiger partial charge on any atom is 0.416 e. The second kappa shape index (κ2) is 6.11. The molecule has 21 heavy (non-hydrogen) atoms. The molecule has 1 aromatic heterocycles. The van der Waals surface area contributed by atoms with E-state index < -0.39 is 11.7 Å². The van der Waals surface area contributed by atoms with Gasteiger partial charge in [0.05, 0.1) is 5.56 Å². The zero-order valence-electron chi connectivity index (χ0n) is 11.1. The number of benzene rings is 1. The van der Waals surface area contributed by atoms with Gasteiger partial charge in [-0.2, -0.15) is 13.2 Å². The molecule has 0 aliphatic heterocycles. The molecule has 2 aromatic rings. The van der Waals surface area contributed by atoms with Gasteiger partial charge in [0.1, 0.15) is 11.0 Å². The normalized spacial score (nSPS) is 11.5. The van der Waals surface area contributed by atoms with Crippen LogP contribution >= 0.6 is 23.4 Å². The van der Waals surface area contributed by atoms with Crippen LogP contribution in [0.15, 0.2) is 29.4 Å². The van der Waals surface area contributed by atoms with Gasteiger partial charge in [-0.15, -0.1) is 0 Å². The number of aromatic nitrogens is 2. The number of rotatable bonds is 3. The first-order valence-electron chi connectivity index (χ1n) is 5.83. The van der Waals surface area contributed by atoms with Crippen LogP contribution in [0.4, 0.5) is 24.7 Å². The molecule has 1 aromatic carbocycles. The lowest BCUT2D eigenvalue weighted by atomic mass is 10.1. The van der Waals surface area contributed by atoms with Crippen molar-refractivity contribution in [1.29, 1.82) is 0 Å². The van der Waals surface area contributed by atoms with E-state index in [2.05, 4.69) is 15.3 Å². The molecule has 0 aliphatic carbocycles. The summed E-state index contributed by atoms with van der Waals surface area (Å²) in [4.78, 5) is 8.13. The van der Waals surface area contributed by atoms with E-state index in [9.17, 15) is 13.2 Å². The third-order valence-corrected chi connectivity index (χ3v) is 3.43. The SMILES string of the molecule is CSc1nc(Cl)cc(Nc2cc(C(F)(F)F)ccc2C)n1. The quantitative estimate of drug-likeness (QED) is 0.491. The number of halogens is 4. The predicted molar refractivity (Wildman–Crippen MR) is 78.3 cm³/mol. The Bertz CT molecular complexity index is 662. The number of hydrogen-bond donors (Lipinski definition) is 1. The standard InChI is InChI=1S/C13H11ClF3N3S/c1-7-3-4-8(13(15,16)17)5-9(7)18-11-6-10(14)19-12(20-11)21-2/h3-6H,1-2H3,(H,18,19,20). The summed E-state index contributed by atoms with van der Waals surface area (Å²) in [5.41, 5.74) is 0.274. The Labute approximate surface area is 128 Å². The van der Waals surface area contributed by atoms with E-state index in [1.54, 1.807) is 13.2 Å². The van der Waals surface area contributed by atoms with Crippen LogP contribution in [0.1, 0.15) is 11.1 Å². The van der Waals surface area contributed by atoms with Crippen molar-refractivity contribution in [1.82, 2.24) is 9.97 Å². The van der Waals surface area contributed by atoms with Crippen LogP contribution in [0.3, 0.4) is 0 Å². The van der Waals surface area contributed by atoms with E-state index in [1.807, 2.05) is 0 Å². The van der Waals surface area contributed by atoms with Crippen LogP contribution in [-0.4, -0.2) is 16.2 Å². The highest BCUT2D eigenvalue weighted by molar-refractivity contribution is 7.98. The molecule has 0 radical (unpaired) electrons. The average Bonchev–Trinajstić information content (AvgIpc) is 2.39. The smallest absolute Gasteiger partial charge is 0.340 e. The molecule has 1 N–H and O–H groups in total. The van der Waals surface area contributed by atoms with Crippen molar-refractivity contribution in [2.45, 2.75) is 18.3 Å². The fraction of sp³-hybridized carbons (Fsp3) is 0.231. The van der Waals surface area contributed by atoms with Gasteiger partial charge in [0.25, 0.3) is 0 Å². The number of nitrogens with zero attached hydrogens (tertiary/aromatic N) is 2. The van der Waals surface area contributed by atoms with Gasteiger partial charge >= 0.3 is 6.18 Å². The number of anilines is 2. The Kier molecular flexibility index (Phi) is 4.63. The summed E-state index contributed by atoms with van der Waals surface area (Å²) >= 11 is 7.15. The fourth-order valence-corrected chi connectivity index (χ4v) is 2.24.